The molecule has 1 aliphatic heterocycles. The number of aromatic nitrogens is 5. The number of carbonyl (C=O) groups excluding carboxylic acids is 1. The van der Waals surface area contributed by atoms with Gasteiger partial charge in [-0.1, -0.05) is 29.8 Å². The number of thiazole rings is 1. The lowest BCUT2D eigenvalue weighted by Gasteiger charge is -2.30. The summed E-state index contributed by atoms with van der Waals surface area (Å²) in [4.78, 5) is 20.0. The van der Waals surface area contributed by atoms with Gasteiger partial charge in [0.1, 0.15) is 5.69 Å². The molecule has 7 nitrogen and oxygen atoms in total. The van der Waals surface area contributed by atoms with Gasteiger partial charge >= 0.3 is 0 Å². The quantitative estimate of drug-likeness (QED) is 0.722. The highest BCUT2D eigenvalue weighted by Gasteiger charge is 2.27. The lowest BCUT2D eigenvalue weighted by atomic mass is 10.1. The lowest BCUT2D eigenvalue weighted by Crippen LogP contribution is -2.39. The monoisotopic (exact) mass is 354 g/mol. The number of benzene rings is 1. The molecule has 0 N–H and O–H groups in total. The molecule has 0 unspecified atom stereocenters. The highest BCUT2D eigenvalue weighted by atomic mass is 32.1. The average Bonchev–Trinajstić information content (AvgIpc) is 3.34. The molecule has 2 aromatic heterocycles. The van der Waals surface area contributed by atoms with Gasteiger partial charge in [0.05, 0.1) is 11.6 Å². The molecule has 0 atom stereocenters. The molecule has 1 saturated heterocycles. The molecular formula is C17H18N6OS. The zero-order valence-corrected chi connectivity index (χ0v) is 14.7. The molecule has 0 bridgehead atoms. The van der Waals surface area contributed by atoms with Crippen molar-refractivity contribution in [2.45, 2.75) is 25.8 Å². The van der Waals surface area contributed by atoms with E-state index in [1.165, 1.54) is 16.9 Å². The summed E-state index contributed by atoms with van der Waals surface area (Å²) in [5.41, 5.74) is 4.39. The first-order chi connectivity index (χ1) is 12.2. The van der Waals surface area contributed by atoms with E-state index in [0.29, 0.717) is 24.6 Å². The smallest absolute Gasteiger partial charge is 0.273 e. The molecule has 1 fully saturated rings. The van der Waals surface area contributed by atoms with Crippen LogP contribution in [0.25, 0.3) is 11.4 Å². The van der Waals surface area contributed by atoms with E-state index < -0.39 is 0 Å². The van der Waals surface area contributed by atoms with Gasteiger partial charge < -0.3 is 4.90 Å². The van der Waals surface area contributed by atoms with Gasteiger partial charge in [0, 0.05) is 24.0 Å². The van der Waals surface area contributed by atoms with Gasteiger partial charge in [-0.05, 0) is 25.0 Å². The molecule has 0 radical (unpaired) electrons. The van der Waals surface area contributed by atoms with Crippen LogP contribution in [-0.4, -0.2) is 49.1 Å². The van der Waals surface area contributed by atoms with Crippen LogP contribution in [0.3, 0.4) is 0 Å². The van der Waals surface area contributed by atoms with E-state index >= 15 is 0 Å². The molecule has 25 heavy (non-hydrogen) atoms. The van der Waals surface area contributed by atoms with Crippen molar-refractivity contribution in [1.29, 1.82) is 0 Å². The van der Waals surface area contributed by atoms with Gasteiger partial charge in [0.25, 0.3) is 5.91 Å². The maximum Gasteiger partial charge on any atom is 0.273 e. The van der Waals surface area contributed by atoms with Gasteiger partial charge in [-0.25, -0.2) is 4.98 Å². The predicted molar refractivity (Wildman–Crippen MR) is 94.3 cm³/mol. The third kappa shape index (κ3) is 3.30. The molecule has 3 heterocycles. The predicted octanol–water partition coefficient (Wildman–Crippen LogP) is 2.58. The largest absolute Gasteiger partial charge is 0.337 e. The standard InChI is InChI=1S/C17H18N6OS/c1-12-2-4-13(5-3-12)16-19-21-23(20-16)14-6-8-22(9-7-14)17(24)15-10-25-11-18-15/h2-5,10-11,14H,6-9H2,1H3. The SMILES string of the molecule is Cc1ccc(-c2nnn(C3CCN(C(=O)c4cscn4)CC3)n2)cc1. The van der Waals surface area contributed by atoms with Crippen LogP contribution in [0, 0.1) is 6.92 Å². The van der Waals surface area contributed by atoms with E-state index in [1.54, 1.807) is 15.7 Å². The van der Waals surface area contributed by atoms with Crippen molar-refractivity contribution < 1.29 is 4.79 Å². The molecule has 1 amide bonds. The summed E-state index contributed by atoms with van der Waals surface area (Å²) in [6, 6.07) is 8.26. The Morgan fingerprint density at radius 2 is 1.96 bits per heavy atom. The Morgan fingerprint density at radius 1 is 1.20 bits per heavy atom. The van der Waals surface area contributed by atoms with E-state index in [-0.39, 0.29) is 11.9 Å². The van der Waals surface area contributed by atoms with E-state index in [9.17, 15) is 4.79 Å². The zero-order valence-electron chi connectivity index (χ0n) is 13.9. The minimum Gasteiger partial charge on any atom is -0.337 e. The highest BCUT2D eigenvalue weighted by molar-refractivity contribution is 7.07. The summed E-state index contributed by atoms with van der Waals surface area (Å²) in [7, 11) is 0. The van der Waals surface area contributed by atoms with E-state index in [1.807, 2.05) is 29.2 Å². The highest BCUT2D eigenvalue weighted by Crippen LogP contribution is 2.23. The van der Waals surface area contributed by atoms with Crippen LogP contribution in [-0.2, 0) is 0 Å². The van der Waals surface area contributed by atoms with Crippen LogP contribution in [0.4, 0.5) is 0 Å². The van der Waals surface area contributed by atoms with Crippen molar-refractivity contribution in [3.63, 3.8) is 0 Å². The molecule has 1 aliphatic rings. The summed E-state index contributed by atoms with van der Waals surface area (Å²) >= 11 is 1.44. The number of nitrogens with zero attached hydrogens (tertiary/aromatic N) is 6. The second kappa shape index (κ2) is 6.72. The topological polar surface area (TPSA) is 76.8 Å². The first kappa shape index (κ1) is 15.9. The van der Waals surface area contributed by atoms with Crippen molar-refractivity contribution in [2.24, 2.45) is 0 Å². The number of aryl methyl sites for hydroxylation is 1. The third-order valence-corrected chi connectivity index (χ3v) is 5.05. The van der Waals surface area contributed by atoms with Crippen LogP contribution in [0.1, 0.15) is 34.9 Å². The fraction of sp³-hybridized carbons (Fsp3) is 0.353. The van der Waals surface area contributed by atoms with Crippen LogP contribution < -0.4 is 0 Å². The van der Waals surface area contributed by atoms with Crippen molar-refractivity contribution in [1.82, 2.24) is 30.1 Å². The molecule has 3 aromatic rings. The third-order valence-electron chi connectivity index (χ3n) is 4.47. The summed E-state index contributed by atoms with van der Waals surface area (Å²) in [6.07, 6.45) is 1.64. The van der Waals surface area contributed by atoms with Gasteiger partial charge in [0.2, 0.25) is 5.82 Å². The number of amides is 1. The summed E-state index contributed by atoms with van der Waals surface area (Å²) < 4.78 is 0. The van der Waals surface area contributed by atoms with Gasteiger partial charge in [-0.3, -0.25) is 4.79 Å². The van der Waals surface area contributed by atoms with Gasteiger partial charge in [-0.15, -0.1) is 21.5 Å². The first-order valence-electron chi connectivity index (χ1n) is 8.25. The van der Waals surface area contributed by atoms with Crippen molar-refractivity contribution in [2.75, 3.05) is 13.1 Å². The number of tetrazole rings is 1. The Hall–Kier alpha value is -2.61. The minimum atomic E-state index is 0.00611. The molecule has 8 heteroatoms. The van der Waals surface area contributed by atoms with Crippen LogP contribution in [0.15, 0.2) is 35.2 Å². The fourth-order valence-electron chi connectivity index (χ4n) is 2.98. The molecule has 4 rings (SSSR count). The molecule has 0 saturated carbocycles. The van der Waals surface area contributed by atoms with E-state index in [0.717, 1.165) is 18.4 Å². The average molecular weight is 354 g/mol. The summed E-state index contributed by atoms with van der Waals surface area (Å²) in [5.74, 6) is 0.646. The van der Waals surface area contributed by atoms with E-state index in [2.05, 4.69) is 27.3 Å². The maximum atomic E-state index is 12.3. The Kier molecular flexibility index (Phi) is 4.27. The van der Waals surface area contributed by atoms with Crippen molar-refractivity contribution in [3.05, 3.63) is 46.4 Å². The second-order valence-corrected chi connectivity index (χ2v) is 6.92. The number of hydrogen-bond donors (Lipinski definition) is 0. The van der Waals surface area contributed by atoms with Crippen molar-refractivity contribution in [3.8, 4) is 11.4 Å². The number of rotatable bonds is 3. The molecule has 0 aliphatic carbocycles. The van der Waals surface area contributed by atoms with Gasteiger partial charge in [0.15, 0.2) is 0 Å². The number of likely N-dealkylation sites (tertiary alicyclic amines) is 1. The Bertz CT molecular complexity index is 850. The zero-order chi connectivity index (χ0) is 17.2. The van der Waals surface area contributed by atoms with Crippen molar-refractivity contribution >= 4 is 17.2 Å². The molecular weight excluding hydrogens is 336 g/mol. The molecule has 0 spiro atoms. The summed E-state index contributed by atoms with van der Waals surface area (Å²) in [6.45, 7) is 3.42. The minimum absolute atomic E-state index is 0.00611. The lowest BCUT2D eigenvalue weighted by molar-refractivity contribution is 0.0678. The van der Waals surface area contributed by atoms with Gasteiger partial charge in [-0.2, -0.15) is 4.80 Å². The van der Waals surface area contributed by atoms with E-state index in [4.69, 9.17) is 0 Å². The summed E-state index contributed by atoms with van der Waals surface area (Å²) in [5, 5.41) is 14.7. The Balaban J connectivity index is 1.41. The fourth-order valence-corrected chi connectivity index (χ4v) is 3.50. The van der Waals surface area contributed by atoms with Crippen LogP contribution >= 0.6 is 11.3 Å². The normalized spacial score (nSPS) is 15.5. The number of piperidine rings is 1. The Morgan fingerprint density at radius 3 is 2.64 bits per heavy atom. The second-order valence-electron chi connectivity index (χ2n) is 6.20. The Labute approximate surface area is 149 Å². The van der Waals surface area contributed by atoms with Crippen LogP contribution in [0.5, 0.6) is 0 Å². The maximum absolute atomic E-state index is 12.3. The molecule has 128 valence electrons. The van der Waals surface area contributed by atoms with Crippen LogP contribution in [0.2, 0.25) is 0 Å². The number of hydrogen-bond acceptors (Lipinski definition) is 6. The molecule has 1 aromatic carbocycles. The number of carbonyl (C=O) groups is 1. The first-order valence-corrected chi connectivity index (χ1v) is 9.19.